The van der Waals surface area contributed by atoms with E-state index in [2.05, 4.69) is 211 Å². The molecule has 2 aliphatic carbocycles. The molecule has 2 heterocycles. The van der Waals surface area contributed by atoms with Crippen LogP contribution in [0.3, 0.4) is 0 Å². The van der Waals surface area contributed by atoms with Crippen LogP contribution in [0.15, 0.2) is 182 Å². The minimum atomic E-state index is -0.0305. The maximum Gasteiger partial charge on any atom is 0.292 e. The molecule has 1 atom stereocenters. The molecule has 0 radical (unpaired) electrons. The molecule has 0 saturated heterocycles. The van der Waals surface area contributed by atoms with Crippen LogP contribution < -0.4 is 9.88 Å². The van der Waals surface area contributed by atoms with Crippen LogP contribution in [-0.4, -0.2) is 4.57 Å². The van der Waals surface area contributed by atoms with Crippen molar-refractivity contribution in [3.63, 3.8) is 0 Å². The molecule has 8 aromatic rings. The van der Waals surface area contributed by atoms with Crippen molar-refractivity contribution < 1.29 is 4.98 Å². The zero-order valence-corrected chi connectivity index (χ0v) is 32.3. The molecule has 6 aromatic carbocycles. The normalized spacial score (nSPS) is 15.7. The Bertz CT molecular complexity index is 2750. The standard InChI is InChI=1S/C51H41N3S/c1-34-18-28-42-43-29-27-41(33-45(43)51(2,3)44(42)32-34)53(39-23-19-36(20-24-39)49-31-30-48(55-49)35-12-6-4-7-13-35)40-25-21-37(22-26-40)50-52-46-16-10-11-17-47(46)54(50)38-14-8-5-9-15-38/h4-31,33-34H,32H2,1-3H3/p+2. The summed E-state index contributed by atoms with van der Waals surface area (Å²) in [5.74, 6) is 1.62. The Hall–Kier alpha value is -6.23. The third-order valence-electron chi connectivity index (χ3n) is 11.6. The summed E-state index contributed by atoms with van der Waals surface area (Å²) in [6.45, 7) is 7.15. The van der Waals surface area contributed by atoms with E-state index in [1.54, 1.807) is 5.57 Å². The van der Waals surface area contributed by atoms with E-state index in [0.29, 0.717) is 5.92 Å². The summed E-state index contributed by atoms with van der Waals surface area (Å²) in [5, 5.41) is 0. The van der Waals surface area contributed by atoms with Crippen molar-refractivity contribution >= 4 is 45.0 Å². The molecule has 2 aliphatic rings. The highest BCUT2D eigenvalue weighted by molar-refractivity contribution is 7.18. The third-order valence-corrected chi connectivity index (χ3v) is 12.9. The first-order valence-electron chi connectivity index (χ1n) is 19.3. The average Bonchev–Trinajstić information content (AvgIpc) is 3.93. The fourth-order valence-electron chi connectivity index (χ4n) is 8.71. The molecule has 0 aliphatic heterocycles. The summed E-state index contributed by atoms with van der Waals surface area (Å²) >= 11 is 1.24. The van der Waals surface area contributed by atoms with Gasteiger partial charge in [-0.25, -0.2) is 4.98 Å². The molecule has 3 nitrogen and oxygen atoms in total. The Balaban J connectivity index is 1.06. The lowest BCUT2D eigenvalue weighted by molar-refractivity contribution is -0.331. The van der Waals surface area contributed by atoms with Gasteiger partial charge in [0.15, 0.2) is 20.8 Å². The van der Waals surface area contributed by atoms with Crippen LogP contribution in [0.2, 0.25) is 0 Å². The van der Waals surface area contributed by atoms with Gasteiger partial charge in [-0.1, -0.05) is 93.1 Å². The highest BCUT2D eigenvalue weighted by atomic mass is 32.1. The first-order chi connectivity index (χ1) is 26.9. The second-order valence-corrected chi connectivity index (χ2v) is 16.6. The number of rotatable bonds is 7. The highest BCUT2D eigenvalue weighted by Crippen LogP contribution is 2.52. The number of benzene rings is 6. The summed E-state index contributed by atoms with van der Waals surface area (Å²) in [6, 6.07) is 59.7. The van der Waals surface area contributed by atoms with Crippen LogP contribution >= 0.6 is 11.3 Å². The van der Waals surface area contributed by atoms with Crippen molar-refractivity contribution in [2.24, 2.45) is 5.92 Å². The number of H-pyrrole nitrogens is 1. The van der Waals surface area contributed by atoms with Crippen LogP contribution in [0.25, 0.3) is 54.6 Å². The van der Waals surface area contributed by atoms with Gasteiger partial charge < -0.3 is 4.90 Å². The molecule has 0 fully saturated rings. The number of hydrogen-bond donors (Lipinski definition) is 0. The smallest absolute Gasteiger partial charge is 0.292 e. The van der Waals surface area contributed by atoms with Gasteiger partial charge in [0, 0.05) is 45.7 Å². The predicted octanol–water partition coefficient (Wildman–Crippen LogP) is 13.3. The van der Waals surface area contributed by atoms with Gasteiger partial charge in [-0.2, -0.15) is 4.57 Å². The number of aromatic nitrogens is 2. The van der Waals surface area contributed by atoms with E-state index in [4.69, 9.17) is 0 Å². The van der Waals surface area contributed by atoms with Crippen molar-refractivity contribution in [1.82, 2.24) is 4.57 Å². The Morgan fingerprint density at radius 3 is 1.95 bits per heavy atom. The average molecular weight is 730 g/mol. The maximum atomic E-state index is 3.73. The minimum Gasteiger partial charge on any atom is -0.310 e. The van der Waals surface area contributed by atoms with Gasteiger partial charge in [-0.15, -0.1) is 0 Å². The number of nitrogens with one attached hydrogen (secondary N) is 1. The van der Waals surface area contributed by atoms with Crippen LogP contribution in [0, 0.1) is 5.92 Å². The molecule has 2 aromatic heterocycles. The largest absolute Gasteiger partial charge is 0.310 e. The zero-order chi connectivity index (χ0) is 37.1. The van der Waals surface area contributed by atoms with Gasteiger partial charge in [0.2, 0.25) is 0 Å². The molecular formula is C51H43N3S+2. The summed E-state index contributed by atoms with van der Waals surface area (Å²) in [5.41, 5.74) is 16.2. The van der Waals surface area contributed by atoms with Crippen LogP contribution in [0.5, 0.6) is 0 Å². The number of para-hydroxylation sites is 3. The molecule has 55 heavy (non-hydrogen) atoms. The number of hydrogen-bond acceptors (Lipinski definition) is 1. The third kappa shape index (κ3) is 5.76. The fraction of sp³-hybridized carbons (Fsp3) is 0.118. The number of aromatic amines is 1. The molecule has 4 heteroatoms. The van der Waals surface area contributed by atoms with Gasteiger partial charge in [-0.3, -0.25) is 0 Å². The Kier molecular flexibility index (Phi) is 8.04. The first-order valence-corrected chi connectivity index (χ1v) is 20.2. The van der Waals surface area contributed by atoms with Crippen molar-refractivity contribution in [2.75, 3.05) is 4.90 Å². The van der Waals surface area contributed by atoms with E-state index < -0.39 is 0 Å². The van der Waals surface area contributed by atoms with Crippen LogP contribution in [-0.2, 0) is 5.41 Å². The SMILES string of the molecule is CC1C=CC2=C(C1)C(C)(C)c1cc(N(c3ccc(-c4ccc(-c5ccccc5)[sH+]4)cc3)c3ccc(-c4[nH+]c5ccccc5n4-c4ccccc4)cc3)ccc12. The monoisotopic (exact) mass is 729 g/mol. The molecule has 0 bridgehead atoms. The van der Waals surface area contributed by atoms with E-state index >= 15 is 0 Å². The van der Waals surface area contributed by atoms with Crippen LogP contribution in [0.1, 0.15) is 38.3 Å². The molecule has 0 amide bonds. The molecule has 0 saturated carbocycles. The van der Waals surface area contributed by atoms with Crippen molar-refractivity contribution in [2.45, 2.75) is 32.6 Å². The van der Waals surface area contributed by atoms with Crippen molar-refractivity contribution in [3.05, 3.63) is 193 Å². The Morgan fingerprint density at radius 1 is 0.636 bits per heavy atom. The Morgan fingerprint density at radius 2 is 1.24 bits per heavy atom. The number of anilines is 3. The topological polar surface area (TPSA) is 22.3 Å². The molecule has 266 valence electrons. The van der Waals surface area contributed by atoms with Gasteiger partial charge in [-0.05, 0) is 137 Å². The predicted molar refractivity (Wildman–Crippen MR) is 233 cm³/mol. The van der Waals surface area contributed by atoms with E-state index in [1.165, 1.54) is 54.6 Å². The minimum absolute atomic E-state index is 0.0305. The van der Waals surface area contributed by atoms with Crippen LogP contribution in [0.4, 0.5) is 17.1 Å². The molecule has 0 spiro atoms. The molecular weight excluding hydrogens is 687 g/mol. The first kappa shape index (κ1) is 33.3. The van der Waals surface area contributed by atoms with Crippen molar-refractivity contribution in [1.29, 1.82) is 0 Å². The van der Waals surface area contributed by atoms with E-state index in [0.717, 1.165) is 45.9 Å². The summed E-state index contributed by atoms with van der Waals surface area (Å²) < 4.78 is 2.32. The quantitative estimate of drug-likeness (QED) is 0.150. The maximum absolute atomic E-state index is 3.73. The van der Waals surface area contributed by atoms with E-state index in [-0.39, 0.29) is 5.41 Å². The lowest BCUT2D eigenvalue weighted by atomic mass is 9.76. The number of thiophene rings is 1. The van der Waals surface area contributed by atoms with Gasteiger partial charge in [0.05, 0.1) is 5.56 Å². The van der Waals surface area contributed by atoms with Gasteiger partial charge in [0.25, 0.3) is 5.82 Å². The van der Waals surface area contributed by atoms with Gasteiger partial charge in [0.1, 0.15) is 5.69 Å². The summed E-state index contributed by atoms with van der Waals surface area (Å²) in [7, 11) is 0. The van der Waals surface area contributed by atoms with Gasteiger partial charge >= 0.3 is 0 Å². The lowest BCUT2D eigenvalue weighted by Crippen LogP contribution is -2.20. The summed E-state index contributed by atoms with van der Waals surface area (Å²) in [4.78, 5) is 8.82. The highest BCUT2D eigenvalue weighted by Gasteiger charge is 2.39. The number of allylic oxidation sites excluding steroid dienone is 4. The fourth-order valence-corrected chi connectivity index (χ4v) is 9.82. The zero-order valence-electron chi connectivity index (χ0n) is 31.4. The van der Waals surface area contributed by atoms with Crippen molar-refractivity contribution in [3.8, 4) is 38.0 Å². The summed E-state index contributed by atoms with van der Waals surface area (Å²) in [6.07, 6.45) is 5.86. The molecule has 1 unspecified atom stereocenters. The lowest BCUT2D eigenvalue weighted by Gasteiger charge is -2.30. The second kappa shape index (κ2) is 13.3. The van der Waals surface area contributed by atoms with E-state index in [9.17, 15) is 0 Å². The second-order valence-electron chi connectivity index (χ2n) is 15.5. The number of imidazole rings is 1. The Labute approximate surface area is 327 Å². The molecule has 1 N–H and O–H groups in total. The number of nitrogens with zero attached hydrogens (tertiary/aromatic N) is 2. The van der Waals surface area contributed by atoms with E-state index in [1.807, 2.05) is 0 Å². The number of fused-ring (bicyclic) bond motifs is 3. The molecule has 10 rings (SSSR count).